The van der Waals surface area contributed by atoms with Crippen molar-refractivity contribution < 1.29 is 9.13 Å². The van der Waals surface area contributed by atoms with Gasteiger partial charge in [-0.15, -0.1) is 0 Å². The molecule has 1 aliphatic rings. The third-order valence-electron chi connectivity index (χ3n) is 4.19. The van der Waals surface area contributed by atoms with Crippen molar-refractivity contribution >= 4 is 11.6 Å². The molecule has 2 rings (SSSR count). The number of ether oxygens (including phenoxy) is 1. The number of hydrogen-bond acceptors (Lipinski definition) is 2. The molecule has 0 spiro atoms. The predicted molar refractivity (Wildman–Crippen MR) is 85.3 cm³/mol. The molecular formula is C17H25ClFNO. The Morgan fingerprint density at radius 1 is 1.38 bits per heavy atom. The molecule has 1 N–H and O–H groups in total. The summed E-state index contributed by atoms with van der Waals surface area (Å²) >= 11 is 5.81. The van der Waals surface area contributed by atoms with Crippen molar-refractivity contribution in [1.82, 2.24) is 5.32 Å². The molecular weight excluding hydrogens is 289 g/mol. The third-order valence-corrected chi connectivity index (χ3v) is 4.42. The number of nitrogens with one attached hydrogen (secondary N) is 1. The summed E-state index contributed by atoms with van der Waals surface area (Å²) in [6.45, 7) is 5.83. The highest BCUT2D eigenvalue weighted by atomic mass is 35.5. The molecule has 0 bridgehead atoms. The van der Waals surface area contributed by atoms with Gasteiger partial charge in [-0.2, -0.15) is 0 Å². The standard InChI is InChI=1S/C17H25ClFNO/c1-3-20-15(7-12-8-16(9-12)21-4-2)10-13-5-6-14(18)11-17(13)19/h5-6,11-12,15-16,20H,3-4,7-10H2,1-2H3. The first-order chi connectivity index (χ1) is 10.1. The van der Waals surface area contributed by atoms with Gasteiger partial charge in [-0.3, -0.25) is 0 Å². The topological polar surface area (TPSA) is 21.3 Å². The highest BCUT2D eigenvalue weighted by Crippen LogP contribution is 2.34. The molecule has 0 saturated heterocycles. The van der Waals surface area contributed by atoms with Gasteiger partial charge in [-0.1, -0.05) is 24.6 Å². The quantitative estimate of drug-likeness (QED) is 0.776. The maximum Gasteiger partial charge on any atom is 0.127 e. The number of halogens is 2. The Morgan fingerprint density at radius 2 is 2.14 bits per heavy atom. The minimum Gasteiger partial charge on any atom is -0.378 e. The molecule has 21 heavy (non-hydrogen) atoms. The fraction of sp³-hybridized carbons (Fsp3) is 0.647. The van der Waals surface area contributed by atoms with Gasteiger partial charge in [0.2, 0.25) is 0 Å². The zero-order valence-electron chi connectivity index (χ0n) is 12.9. The fourth-order valence-corrected chi connectivity index (χ4v) is 3.28. The van der Waals surface area contributed by atoms with Gasteiger partial charge in [0.1, 0.15) is 5.82 Å². The van der Waals surface area contributed by atoms with E-state index in [1.54, 1.807) is 12.1 Å². The van der Waals surface area contributed by atoms with Gasteiger partial charge in [0, 0.05) is 17.7 Å². The van der Waals surface area contributed by atoms with Crippen LogP contribution in [-0.2, 0) is 11.2 Å². The van der Waals surface area contributed by atoms with Crippen LogP contribution in [0.15, 0.2) is 18.2 Å². The molecule has 0 aromatic heterocycles. The van der Waals surface area contributed by atoms with E-state index >= 15 is 0 Å². The first kappa shape index (κ1) is 16.7. The molecule has 4 heteroatoms. The van der Waals surface area contributed by atoms with Crippen LogP contribution in [0.25, 0.3) is 0 Å². The molecule has 1 atom stereocenters. The second-order valence-corrected chi connectivity index (χ2v) is 6.28. The van der Waals surface area contributed by atoms with Gasteiger partial charge in [-0.25, -0.2) is 4.39 Å². The van der Waals surface area contributed by atoms with Crippen molar-refractivity contribution in [2.45, 2.75) is 51.7 Å². The summed E-state index contributed by atoms with van der Waals surface area (Å²) in [5.74, 6) is 0.493. The Hall–Kier alpha value is -0.640. The molecule has 0 aliphatic heterocycles. The average Bonchev–Trinajstić information content (AvgIpc) is 2.39. The third kappa shape index (κ3) is 4.94. The summed E-state index contributed by atoms with van der Waals surface area (Å²) in [6, 6.07) is 5.27. The lowest BCUT2D eigenvalue weighted by Crippen LogP contribution is -2.39. The average molecular weight is 314 g/mol. The lowest BCUT2D eigenvalue weighted by molar-refractivity contribution is -0.0290. The van der Waals surface area contributed by atoms with Crippen LogP contribution in [0.1, 0.15) is 38.7 Å². The first-order valence-corrected chi connectivity index (χ1v) is 8.29. The molecule has 1 saturated carbocycles. The van der Waals surface area contributed by atoms with Gasteiger partial charge < -0.3 is 10.1 Å². The van der Waals surface area contributed by atoms with Crippen molar-refractivity contribution in [1.29, 1.82) is 0 Å². The normalized spacial score (nSPS) is 22.9. The van der Waals surface area contributed by atoms with Gasteiger partial charge in [0.15, 0.2) is 0 Å². The van der Waals surface area contributed by atoms with E-state index < -0.39 is 0 Å². The van der Waals surface area contributed by atoms with Crippen molar-refractivity contribution in [3.63, 3.8) is 0 Å². The minimum atomic E-state index is -0.203. The summed E-state index contributed by atoms with van der Waals surface area (Å²) in [7, 11) is 0. The highest BCUT2D eigenvalue weighted by molar-refractivity contribution is 6.30. The summed E-state index contributed by atoms with van der Waals surface area (Å²) in [6.07, 6.45) is 4.51. The van der Waals surface area contributed by atoms with Crippen LogP contribution < -0.4 is 5.32 Å². The fourth-order valence-electron chi connectivity index (χ4n) is 3.12. The lowest BCUT2D eigenvalue weighted by Gasteiger charge is -2.37. The van der Waals surface area contributed by atoms with E-state index in [1.165, 1.54) is 6.07 Å². The Morgan fingerprint density at radius 3 is 2.76 bits per heavy atom. The number of likely N-dealkylation sites (N-methyl/N-ethyl adjacent to an activating group) is 1. The highest BCUT2D eigenvalue weighted by Gasteiger charge is 2.31. The van der Waals surface area contributed by atoms with Gasteiger partial charge >= 0.3 is 0 Å². The summed E-state index contributed by atoms with van der Waals surface area (Å²) in [5, 5.41) is 3.93. The largest absolute Gasteiger partial charge is 0.378 e. The zero-order chi connectivity index (χ0) is 15.2. The van der Waals surface area contributed by atoms with E-state index in [2.05, 4.69) is 12.2 Å². The van der Waals surface area contributed by atoms with Gasteiger partial charge in [0.05, 0.1) is 6.10 Å². The monoisotopic (exact) mass is 313 g/mol. The molecule has 0 radical (unpaired) electrons. The van der Waals surface area contributed by atoms with E-state index in [0.29, 0.717) is 29.5 Å². The van der Waals surface area contributed by atoms with Crippen LogP contribution in [0.5, 0.6) is 0 Å². The molecule has 2 nitrogen and oxygen atoms in total. The van der Waals surface area contributed by atoms with Crippen LogP contribution in [0.3, 0.4) is 0 Å². The van der Waals surface area contributed by atoms with Crippen molar-refractivity contribution in [2.75, 3.05) is 13.2 Å². The SMILES string of the molecule is CCNC(Cc1ccc(Cl)cc1F)CC1CC(OCC)C1. The Kier molecular flexibility index (Phi) is 6.46. The van der Waals surface area contributed by atoms with Crippen LogP contribution >= 0.6 is 11.6 Å². The first-order valence-electron chi connectivity index (χ1n) is 7.91. The summed E-state index contributed by atoms with van der Waals surface area (Å²) in [5.41, 5.74) is 0.742. The van der Waals surface area contributed by atoms with Gasteiger partial charge in [0.25, 0.3) is 0 Å². The molecule has 1 unspecified atom stereocenters. The molecule has 1 fully saturated rings. The van der Waals surface area contributed by atoms with Crippen LogP contribution in [0, 0.1) is 11.7 Å². The second-order valence-electron chi connectivity index (χ2n) is 5.84. The molecule has 1 aromatic carbocycles. The molecule has 1 aliphatic carbocycles. The number of rotatable bonds is 8. The molecule has 118 valence electrons. The minimum absolute atomic E-state index is 0.203. The maximum absolute atomic E-state index is 13.9. The van der Waals surface area contributed by atoms with Gasteiger partial charge in [-0.05, 0) is 62.8 Å². The van der Waals surface area contributed by atoms with E-state index in [4.69, 9.17) is 16.3 Å². The summed E-state index contributed by atoms with van der Waals surface area (Å²) < 4.78 is 19.5. The van der Waals surface area contributed by atoms with E-state index in [-0.39, 0.29) is 5.82 Å². The van der Waals surface area contributed by atoms with E-state index in [1.807, 2.05) is 6.92 Å². The van der Waals surface area contributed by atoms with Crippen molar-refractivity contribution in [2.24, 2.45) is 5.92 Å². The smallest absolute Gasteiger partial charge is 0.127 e. The number of benzene rings is 1. The Bertz CT molecular complexity index is 448. The molecule has 0 heterocycles. The van der Waals surface area contributed by atoms with E-state index in [0.717, 1.165) is 38.0 Å². The lowest BCUT2D eigenvalue weighted by atomic mass is 9.77. The van der Waals surface area contributed by atoms with E-state index in [9.17, 15) is 4.39 Å². The Balaban J connectivity index is 1.87. The Labute approximate surface area is 132 Å². The second kappa shape index (κ2) is 8.11. The number of hydrogen-bond donors (Lipinski definition) is 1. The molecule has 0 amide bonds. The van der Waals surface area contributed by atoms with Crippen LogP contribution in [0.4, 0.5) is 4.39 Å². The van der Waals surface area contributed by atoms with Crippen molar-refractivity contribution in [3.05, 3.63) is 34.6 Å². The maximum atomic E-state index is 13.9. The van der Waals surface area contributed by atoms with Crippen LogP contribution in [-0.4, -0.2) is 25.3 Å². The predicted octanol–water partition coefficient (Wildman–Crippen LogP) is 4.20. The molecule has 1 aromatic rings. The van der Waals surface area contributed by atoms with Crippen LogP contribution in [0.2, 0.25) is 5.02 Å². The van der Waals surface area contributed by atoms with Crippen molar-refractivity contribution in [3.8, 4) is 0 Å². The summed E-state index contributed by atoms with van der Waals surface area (Å²) in [4.78, 5) is 0. The zero-order valence-corrected chi connectivity index (χ0v) is 13.6.